The van der Waals surface area contributed by atoms with Crippen molar-refractivity contribution in [2.45, 2.75) is 6.92 Å². The Bertz CT molecular complexity index is 599. The third-order valence-corrected chi connectivity index (χ3v) is 2.69. The summed E-state index contributed by atoms with van der Waals surface area (Å²) in [5, 5.41) is 12.0. The topological polar surface area (TPSA) is 71.5 Å². The largest absolute Gasteiger partial charge is 0.492 e. The number of carbonyl (C=O) groups is 1. The molecule has 0 spiro atoms. The molecule has 0 unspecified atom stereocenters. The van der Waals surface area contributed by atoms with Crippen LogP contribution in [-0.2, 0) is 0 Å². The zero-order valence-corrected chi connectivity index (χ0v) is 11.2. The maximum absolute atomic E-state index is 11.0. The average molecular weight is 272 g/mol. The Kier molecular flexibility index (Phi) is 4.55. The number of nitrogens with one attached hydrogen (secondary N) is 1. The molecule has 5 nitrogen and oxygen atoms in total. The van der Waals surface area contributed by atoms with Crippen molar-refractivity contribution in [3.63, 3.8) is 0 Å². The first-order chi connectivity index (χ1) is 9.66. The molecule has 0 amide bonds. The third kappa shape index (κ3) is 3.71. The van der Waals surface area contributed by atoms with E-state index in [1.165, 1.54) is 6.07 Å². The summed E-state index contributed by atoms with van der Waals surface area (Å²) in [5.41, 5.74) is 1.29. The number of hydrogen-bond donors (Lipinski definition) is 2. The maximum Gasteiger partial charge on any atom is 0.339 e. The van der Waals surface area contributed by atoms with Gasteiger partial charge in [-0.25, -0.2) is 9.78 Å². The molecular weight excluding hydrogens is 256 g/mol. The predicted molar refractivity (Wildman–Crippen MR) is 76.4 cm³/mol. The molecule has 2 rings (SSSR count). The van der Waals surface area contributed by atoms with E-state index in [4.69, 9.17) is 9.84 Å². The lowest BCUT2D eigenvalue weighted by atomic mass is 10.2. The van der Waals surface area contributed by atoms with Crippen molar-refractivity contribution in [3.05, 3.63) is 53.7 Å². The van der Waals surface area contributed by atoms with E-state index < -0.39 is 5.97 Å². The molecule has 1 heterocycles. The van der Waals surface area contributed by atoms with Gasteiger partial charge in [0, 0.05) is 6.20 Å². The van der Waals surface area contributed by atoms with Gasteiger partial charge in [-0.15, -0.1) is 0 Å². The molecule has 2 aromatic rings. The normalized spacial score (nSPS) is 10.1. The van der Waals surface area contributed by atoms with Crippen LogP contribution in [0.25, 0.3) is 0 Å². The van der Waals surface area contributed by atoms with Gasteiger partial charge in [-0.05, 0) is 36.8 Å². The first kappa shape index (κ1) is 13.9. The van der Waals surface area contributed by atoms with Crippen molar-refractivity contribution in [3.8, 4) is 5.75 Å². The van der Waals surface area contributed by atoms with Gasteiger partial charge in [0.15, 0.2) is 0 Å². The highest BCUT2D eigenvalue weighted by atomic mass is 16.5. The molecule has 0 aliphatic carbocycles. The summed E-state index contributed by atoms with van der Waals surface area (Å²) in [6.07, 6.45) is 1.55. The minimum absolute atomic E-state index is 0.156. The Labute approximate surface area is 117 Å². The van der Waals surface area contributed by atoms with Gasteiger partial charge in [0.2, 0.25) is 0 Å². The number of pyridine rings is 1. The molecule has 5 heteroatoms. The zero-order chi connectivity index (χ0) is 14.4. The van der Waals surface area contributed by atoms with Gasteiger partial charge in [-0.1, -0.05) is 12.1 Å². The number of aryl methyl sites for hydroxylation is 1. The highest BCUT2D eigenvalue weighted by Gasteiger charge is 2.09. The van der Waals surface area contributed by atoms with Gasteiger partial charge >= 0.3 is 5.97 Å². The standard InChI is InChI=1S/C15H16N2O3/c1-11-4-2-5-12(10-11)20-9-8-17-14-13(15(18)19)6-3-7-16-14/h2-7,10H,8-9H2,1H3,(H,16,17)(H,18,19). The first-order valence-electron chi connectivity index (χ1n) is 6.28. The van der Waals surface area contributed by atoms with Gasteiger partial charge < -0.3 is 15.2 Å². The lowest BCUT2D eigenvalue weighted by molar-refractivity contribution is 0.0697. The van der Waals surface area contributed by atoms with E-state index in [0.29, 0.717) is 19.0 Å². The van der Waals surface area contributed by atoms with Crippen LogP contribution in [0.15, 0.2) is 42.6 Å². The minimum atomic E-state index is -1.000. The second-order valence-electron chi connectivity index (χ2n) is 4.30. The van der Waals surface area contributed by atoms with Gasteiger partial charge in [0.25, 0.3) is 0 Å². The van der Waals surface area contributed by atoms with Crippen molar-refractivity contribution in [1.82, 2.24) is 4.98 Å². The molecule has 20 heavy (non-hydrogen) atoms. The fourth-order valence-electron chi connectivity index (χ4n) is 1.76. The highest BCUT2D eigenvalue weighted by molar-refractivity contribution is 5.92. The second-order valence-corrected chi connectivity index (χ2v) is 4.30. The number of ether oxygens (including phenoxy) is 1. The summed E-state index contributed by atoms with van der Waals surface area (Å²) in [7, 11) is 0. The van der Waals surface area contributed by atoms with Crippen LogP contribution in [0.3, 0.4) is 0 Å². The van der Waals surface area contributed by atoms with Crippen LogP contribution in [0.5, 0.6) is 5.75 Å². The van der Waals surface area contributed by atoms with E-state index in [0.717, 1.165) is 11.3 Å². The number of carboxylic acid groups (broad SMARTS) is 1. The number of aromatic nitrogens is 1. The number of anilines is 1. The lowest BCUT2D eigenvalue weighted by Crippen LogP contribution is -2.15. The molecule has 0 atom stereocenters. The van der Waals surface area contributed by atoms with Crippen LogP contribution in [-0.4, -0.2) is 29.2 Å². The Balaban J connectivity index is 1.86. The van der Waals surface area contributed by atoms with Crippen molar-refractivity contribution in [2.24, 2.45) is 0 Å². The van der Waals surface area contributed by atoms with Gasteiger partial charge in [0.1, 0.15) is 23.7 Å². The summed E-state index contributed by atoms with van der Waals surface area (Å²) in [6, 6.07) is 10.9. The van der Waals surface area contributed by atoms with E-state index in [1.54, 1.807) is 12.3 Å². The predicted octanol–water partition coefficient (Wildman–Crippen LogP) is 2.58. The van der Waals surface area contributed by atoms with Crippen molar-refractivity contribution in [1.29, 1.82) is 0 Å². The summed E-state index contributed by atoms with van der Waals surface area (Å²) >= 11 is 0. The Morgan fingerprint density at radius 2 is 2.20 bits per heavy atom. The minimum Gasteiger partial charge on any atom is -0.492 e. The van der Waals surface area contributed by atoms with Crippen LogP contribution in [0, 0.1) is 6.92 Å². The SMILES string of the molecule is Cc1cccc(OCCNc2ncccc2C(=O)O)c1. The molecule has 0 bridgehead atoms. The molecule has 0 saturated heterocycles. The highest BCUT2D eigenvalue weighted by Crippen LogP contribution is 2.13. The molecule has 0 saturated carbocycles. The van der Waals surface area contributed by atoms with Crippen LogP contribution in [0.1, 0.15) is 15.9 Å². The number of carboxylic acids is 1. The molecule has 104 valence electrons. The van der Waals surface area contributed by atoms with Gasteiger partial charge in [0.05, 0.1) is 6.54 Å². The van der Waals surface area contributed by atoms with Crippen molar-refractivity contribution >= 4 is 11.8 Å². The number of rotatable bonds is 6. The smallest absolute Gasteiger partial charge is 0.339 e. The van der Waals surface area contributed by atoms with Gasteiger partial charge in [-0.2, -0.15) is 0 Å². The van der Waals surface area contributed by atoms with E-state index in [2.05, 4.69) is 10.3 Å². The first-order valence-corrected chi connectivity index (χ1v) is 6.28. The number of hydrogen-bond acceptors (Lipinski definition) is 4. The van der Waals surface area contributed by atoms with E-state index in [-0.39, 0.29) is 5.56 Å². The zero-order valence-electron chi connectivity index (χ0n) is 11.2. The summed E-state index contributed by atoms with van der Waals surface area (Å²) in [6.45, 7) is 2.91. The van der Waals surface area contributed by atoms with Gasteiger partial charge in [-0.3, -0.25) is 0 Å². The maximum atomic E-state index is 11.0. The third-order valence-electron chi connectivity index (χ3n) is 2.69. The Morgan fingerprint density at radius 3 is 2.95 bits per heavy atom. The quantitative estimate of drug-likeness (QED) is 0.791. The van der Waals surface area contributed by atoms with Crippen LogP contribution < -0.4 is 10.1 Å². The van der Waals surface area contributed by atoms with Crippen LogP contribution in [0.4, 0.5) is 5.82 Å². The Morgan fingerprint density at radius 1 is 1.35 bits per heavy atom. The van der Waals surface area contributed by atoms with E-state index >= 15 is 0 Å². The molecular formula is C15H16N2O3. The molecule has 0 aliphatic rings. The molecule has 2 N–H and O–H groups in total. The second kappa shape index (κ2) is 6.56. The lowest BCUT2D eigenvalue weighted by Gasteiger charge is -2.10. The molecule has 0 radical (unpaired) electrons. The fraction of sp³-hybridized carbons (Fsp3) is 0.200. The number of nitrogens with zero attached hydrogens (tertiary/aromatic N) is 1. The summed E-state index contributed by atoms with van der Waals surface area (Å²) in [5.74, 6) is 0.152. The van der Waals surface area contributed by atoms with Crippen molar-refractivity contribution < 1.29 is 14.6 Å². The molecule has 1 aromatic carbocycles. The number of aromatic carboxylic acids is 1. The molecule has 0 aliphatic heterocycles. The molecule has 1 aromatic heterocycles. The van der Waals surface area contributed by atoms with Crippen LogP contribution >= 0.6 is 0 Å². The Hall–Kier alpha value is -2.56. The van der Waals surface area contributed by atoms with E-state index in [1.807, 2.05) is 31.2 Å². The fourth-order valence-corrected chi connectivity index (χ4v) is 1.76. The average Bonchev–Trinajstić information content (AvgIpc) is 2.44. The number of benzene rings is 1. The van der Waals surface area contributed by atoms with E-state index in [9.17, 15) is 4.79 Å². The summed E-state index contributed by atoms with van der Waals surface area (Å²) < 4.78 is 5.57. The van der Waals surface area contributed by atoms with Crippen molar-refractivity contribution in [2.75, 3.05) is 18.5 Å². The molecule has 0 fully saturated rings. The van der Waals surface area contributed by atoms with Crippen LogP contribution in [0.2, 0.25) is 0 Å². The summed E-state index contributed by atoms with van der Waals surface area (Å²) in [4.78, 5) is 15.0. The monoisotopic (exact) mass is 272 g/mol.